The van der Waals surface area contributed by atoms with Gasteiger partial charge in [-0.25, -0.2) is 0 Å². The quantitative estimate of drug-likeness (QED) is 0.842. The molecule has 0 bridgehead atoms. The van der Waals surface area contributed by atoms with Gasteiger partial charge >= 0.3 is 0 Å². The van der Waals surface area contributed by atoms with Crippen molar-refractivity contribution in [3.05, 3.63) is 24.3 Å². The highest BCUT2D eigenvalue weighted by molar-refractivity contribution is 5.92. The summed E-state index contributed by atoms with van der Waals surface area (Å²) in [6.07, 6.45) is 0.735. The lowest BCUT2D eigenvalue weighted by Crippen LogP contribution is -2.32. The second-order valence-electron chi connectivity index (χ2n) is 6.16. The van der Waals surface area contributed by atoms with Gasteiger partial charge in [-0.2, -0.15) is 5.26 Å². The van der Waals surface area contributed by atoms with Crippen molar-refractivity contribution in [2.75, 3.05) is 18.5 Å². The lowest BCUT2D eigenvalue weighted by Gasteiger charge is -2.24. The summed E-state index contributed by atoms with van der Waals surface area (Å²) < 4.78 is 5.16. The van der Waals surface area contributed by atoms with Gasteiger partial charge in [-0.15, -0.1) is 0 Å². The van der Waals surface area contributed by atoms with Crippen LogP contribution in [-0.4, -0.2) is 19.1 Å². The third-order valence-electron chi connectivity index (χ3n) is 2.94. The van der Waals surface area contributed by atoms with Gasteiger partial charge in [0.15, 0.2) is 6.61 Å². The Morgan fingerprint density at radius 2 is 2.00 bits per heavy atom. The third kappa shape index (κ3) is 6.28. The summed E-state index contributed by atoms with van der Waals surface area (Å²) in [5.74, 6) is 0.317. The molecule has 0 aromatic heterocycles. The van der Waals surface area contributed by atoms with Crippen molar-refractivity contribution in [2.24, 2.45) is 17.1 Å². The number of nitrogens with two attached hydrogens (primary N) is 1. The molecule has 1 unspecified atom stereocenters. The van der Waals surface area contributed by atoms with Crippen molar-refractivity contribution in [3.8, 4) is 11.8 Å². The monoisotopic (exact) mass is 289 g/mol. The first-order chi connectivity index (χ1) is 9.85. The molecular formula is C16H23N3O2. The molecule has 0 heterocycles. The highest BCUT2D eigenvalue weighted by Crippen LogP contribution is 2.25. The van der Waals surface area contributed by atoms with E-state index in [0.717, 1.165) is 6.42 Å². The Hall–Kier alpha value is -2.06. The smallest absolute Gasteiger partial charge is 0.228 e. The van der Waals surface area contributed by atoms with Crippen LogP contribution >= 0.6 is 0 Å². The van der Waals surface area contributed by atoms with Gasteiger partial charge in [0.25, 0.3) is 0 Å². The predicted octanol–water partition coefficient (Wildman–Crippen LogP) is 2.54. The topological polar surface area (TPSA) is 88.1 Å². The zero-order valence-corrected chi connectivity index (χ0v) is 12.8. The Balaban J connectivity index is 2.63. The van der Waals surface area contributed by atoms with E-state index in [1.54, 1.807) is 24.3 Å². The zero-order valence-electron chi connectivity index (χ0n) is 12.8. The van der Waals surface area contributed by atoms with E-state index in [-0.39, 0.29) is 23.8 Å². The lowest BCUT2D eigenvalue weighted by molar-refractivity contribution is -0.120. The molecule has 1 aromatic carbocycles. The van der Waals surface area contributed by atoms with Crippen LogP contribution in [0.3, 0.4) is 0 Å². The maximum atomic E-state index is 12.2. The van der Waals surface area contributed by atoms with E-state index in [1.165, 1.54) is 0 Å². The van der Waals surface area contributed by atoms with Gasteiger partial charge in [0.05, 0.1) is 5.92 Å². The first-order valence-electron chi connectivity index (χ1n) is 6.96. The lowest BCUT2D eigenvalue weighted by atomic mass is 9.84. The van der Waals surface area contributed by atoms with Crippen LogP contribution < -0.4 is 15.8 Å². The number of ether oxygens (including phenoxy) is 1. The highest BCUT2D eigenvalue weighted by Gasteiger charge is 2.23. The Bertz CT molecular complexity index is 498. The number of benzene rings is 1. The van der Waals surface area contributed by atoms with Crippen LogP contribution in [0.25, 0.3) is 0 Å². The van der Waals surface area contributed by atoms with Crippen molar-refractivity contribution >= 4 is 11.6 Å². The Morgan fingerprint density at radius 3 is 2.48 bits per heavy atom. The largest absolute Gasteiger partial charge is 0.479 e. The molecular weight excluding hydrogens is 266 g/mol. The van der Waals surface area contributed by atoms with E-state index in [0.29, 0.717) is 18.0 Å². The van der Waals surface area contributed by atoms with Crippen molar-refractivity contribution in [1.29, 1.82) is 5.26 Å². The molecule has 5 nitrogen and oxygen atoms in total. The molecule has 0 aliphatic heterocycles. The molecule has 21 heavy (non-hydrogen) atoms. The molecule has 5 heteroatoms. The van der Waals surface area contributed by atoms with Gasteiger partial charge in [0.2, 0.25) is 5.91 Å². The summed E-state index contributed by atoms with van der Waals surface area (Å²) in [6.45, 7) is 6.60. The minimum absolute atomic E-state index is 0.00648. The first-order valence-corrected chi connectivity index (χ1v) is 6.96. The number of nitrogens with one attached hydrogen (secondary N) is 1. The van der Waals surface area contributed by atoms with Gasteiger partial charge in [0, 0.05) is 12.2 Å². The summed E-state index contributed by atoms with van der Waals surface area (Å²) in [6, 6.07) is 8.82. The average molecular weight is 289 g/mol. The second-order valence-corrected chi connectivity index (χ2v) is 6.16. The van der Waals surface area contributed by atoms with Crippen LogP contribution in [0.4, 0.5) is 5.69 Å². The third-order valence-corrected chi connectivity index (χ3v) is 2.94. The summed E-state index contributed by atoms with van der Waals surface area (Å²) in [5, 5.41) is 11.3. The molecule has 1 amide bonds. The molecule has 0 spiro atoms. The van der Waals surface area contributed by atoms with Crippen LogP contribution in [0.5, 0.6) is 5.75 Å². The minimum atomic E-state index is -0.209. The van der Waals surface area contributed by atoms with Crippen LogP contribution in [0.2, 0.25) is 0 Å². The summed E-state index contributed by atoms with van der Waals surface area (Å²) >= 11 is 0. The molecule has 0 aliphatic carbocycles. The van der Waals surface area contributed by atoms with E-state index in [2.05, 4.69) is 26.1 Å². The SMILES string of the molecule is CC(C)(C)CC(CN)C(=O)Nc1ccc(OCC#N)cc1. The van der Waals surface area contributed by atoms with Gasteiger partial charge in [-0.3, -0.25) is 4.79 Å². The predicted molar refractivity (Wildman–Crippen MR) is 82.8 cm³/mol. The molecule has 0 fully saturated rings. The van der Waals surface area contributed by atoms with Crippen molar-refractivity contribution < 1.29 is 9.53 Å². The standard InChI is InChI=1S/C16H23N3O2/c1-16(2,3)10-12(11-18)15(20)19-13-4-6-14(7-5-13)21-9-8-17/h4-7,12H,9-11,18H2,1-3H3,(H,19,20). The van der Waals surface area contributed by atoms with Crippen LogP contribution in [0, 0.1) is 22.7 Å². The molecule has 114 valence electrons. The van der Waals surface area contributed by atoms with Crippen molar-refractivity contribution in [3.63, 3.8) is 0 Å². The molecule has 1 atom stereocenters. The van der Waals surface area contributed by atoms with Crippen LogP contribution in [0.15, 0.2) is 24.3 Å². The second kappa shape index (κ2) is 7.65. The van der Waals surface area contributed by atoms with Crippen molar-refractivity contribution in [2.45, 2.75) is 27.2 Å². The fourth-order valence-corrected chi connectivity index (χ4v) is 2.02. The number of amides is 1. The van der Waals surface area contributed by atoms with E-state index in [9.17, 15) is 4.79 Å². The Labute approximate surface area is 126 Å². The van der Waals surface area contributed by atoms with Gasteiger partial charge in [-0.1, -0.05) is 20.8 Å². The van der Waals surface area contributed by atoms with Crippen LogP contribution in [0.1, 0.15) is 27.2 Å². The minimum Gasteiger partial charge on any atom is -0.479 e. The van der Waals surface area contributed by atoms with E-state index < -0.39 is 0 Å². The molecule has 0 saturated heterocycles. The molecule has 3 N–H and O–H groups in total. The maximum absolute atomic E-state index is 12.2. The fourth-order valence-electron chi connectivity index (χ4n) is 2.02. The Morgan fingerprint density at radius 1 is 1.38 bits per heavy atom. The van der Waals surface area contributed by atoms with E-state index in [1.807, 2.05) is 6.07 Å². The molecule has 0 saturated carbocycles. The zero-order chi connectivity index (χ0) is 15.9. The highest BCUT2D eigenvalue weighted by atomic mass is 16.5. The summed E-state index contributed by atoms with van der Waals surface area (Å²) in [7, 11) is 0. The van der Waals surface area contributed by atoms with Gasteiger partial charge < -0.3 is 15.8 Å². The number of carbonyl (C=O) groups excluding carboxylic acids is 1. The Kier molecular flexibility index (Phi) is 6.19. The number of rotatable bonds is 6. The number of anilines is 1. The molecule has 1 aromatic rings. The number of hydrogen-bond donors (Lipinski definition) is 2. The number of carbonyl (C=O) groups is 1. The number of nitrogens with zero attached hydrogens (tertiary/aromatic N) is 1. The van der Waals surface area contributed by atoms with Crippen LogP contribution in [-0.2, 0) is 4.79 Å². The number of nitriles is 1. The summed E-state index contributed by atoms with van der Waals surface area (Å²) in [4.78, 5) is 12.2. The first kappa shape index (κ1) is 17.0. The number of hydrogen-bond acceptors (Lipinski definition) is 4. The molecule has 0 aliphatic rings. The van der Waals surface area contributed by atoms with Gasteiger partial charge in [-0.05, 0) is 36.1 Å². The van der Waals surface area contributed by atoms with Crippen molar-refractivity contribution in [1.82, 2.24) is 0 Å². The average Bonchev–Trinajstić information content (AvgIpc) is 2.43. The van der Waals surface area contributed by atoms with E-state index >= 15 is 0 Å². The fraction of sp³-hybridized carbons (Fsp3) is 0.500. The summed E-state index contributed by atoms with van der Waals surface area (Å²) in [5.41, 5.74) is 6.45. The normalized spacial score (nSPS) is 12.3. The molecule has 1 rings (SSSR count). The van der Waals surface area contributed by atoms with Gasteiger partial charge in [0.1, 0.15) is 11.8 Å². The van der Waals surface area contributed by atoms with E-state index in [4.69, 9.17) is 15.7 Å². The molecule has 0 radical (unpaired) electrons. The maximum Gasteiger partial charge on any atom is 0.228 e.